The van der Waals surface area contributed by atoms with Gasteiger partial charge in [0.2, 0.25) is 0 Å². The van der Waals surface area contributed by atoms with Crippen molar-refractivity contribution in [1.29, 1.82) is 5.26 Å². The van der Waals surface area contributed by atoms with E-state index in [9.17, 15) is 4.79 Å². The van der Waals surface area contributed by atoms with Gasteiger partial charge in [0.15, 0.2) is 0 Å². The second-order valence-electron chi connectivity index (χ2n) is 6.30. The largest absolute Gasteiger partial charge is 0.335 e. The van der Waals surface area contributed by atoms with Crippen LogP contribution < -0.4 is 0 Å². The van der Waals surface area contributed by atoms with Crippen LogP contribution in [0.25, 0.3) is 0 Å². The normalized spacial score (nSPS) is 11.2. The lowest BCUT2D eigenvalue weighted by Crippen LogP contribution is -2.38. The van der Waals surface area contributed by atoms with Crippen LogP contribution in [0.1, 0.15) is 57.0 Å². The summed E-state index contributed by atoms with van der Waals surface area (Å²) in [5, 5.41) is 8.75. The molecular weight excluding hydrogens is 248 g/mol. The van der Waals surface area contributed by atoms with E-state index in [1.165, 1.54) is 0 Å². The Bertz CT molecular complexity index is 506. The molecule has 0 spiro atoms. The number of benzene rings is 1. The number of hydrogen-bond donors (Lipinski definition) is 0. The van der Waals surface area contributed by atoms with E-state index in [1.54, 1.807) is 4.90 Å². The van der Waals surface area contributed by atoms with Gasteiger partial charge in [0, 0.05) is 18.2 Å². The highest BCUT2D eigenvalue weighted by Gasteiger charge is 2.25. The predicted molar refractivity (Wildman–Crippen MR) is 81.5 cm³/mol. The van der Waals surface area contributed by atoms with E-state index < -0.39 is 0 Å². The molecule has 0 N–H and O–H groups in total. The Morgan fingerprint density at radius 3 is 2.40 bits per heavy atom. The van der Waals surface area contributed by atoms with Crippen molar-refractivity contribution in [1.82, 2.24) is 4.90 Å². The second-order valence-corrected chi connectivity index (χ2v) is 6.30. The molecule has 0 aromatic heterocycles. The number of hydrogen-bond acceptors (Lipinski definition) is 2. The summed E-state index contributed by atoms with van der Waals surface area (Å²) in [4.78, 5) is 14.5. The maximum Gasteiger partial charge on any atom is 0.254 e. The topological polar surface area (TPSA) is 44.1 Å². The van der Waals surface area contributed by atoms with E-state index >= 15 is 0 Å². The average Bonchev–Trinajstić information content (AvgIpc) is 2.37. The maximum atomic E-state index is 12.8. The van der Waals surface area contributed by atoms with Gasteiger partial charge in [0.1, 0.15) is 0 Å². The third-order valence-electron chi connectivity index (χ3n) is 3.31. The summed E-state index contributed by atoms with van der Waals surface area (Å²) >= 11 is 0. The molecule has 3 heteroatoms. The predicted octanol–water partition coefficient (Wildman–Crippen LogP) is 3.75. The first-order valence-electron chi connectivity index (χ1n) is 7.06. The van der Waals surface area contributed by atoms with Gasteiger partial charge in [-0.2, -0.15) is 5.26 Å². The van der Waals surface area contributed by atoms with Crippen LogP contribution in [0.4, 0.5) is 0 Å². The molecule has 0 saturated carbocycles. The molecule has 0 saturated heterocycles. The monoisotopic (exact) mass is 272 g/mol. The molecule has 3 nitrogen and oxygen atoms in total. The molecule has 0 aliphatic carbocycles. The summed E-state index contributed by atoms with van der Waals surface area (Å²) in [7, 11) is 0. The minimum Gasteiger partial charge on any atom is -0.335 e. The molecular formula is C17H24N2O. The molecule has 0 unspecified atom stereocenters. The zero-order valence-corrected chi connectivity index (χ0v) is 13.1. The number of carbonyl (C=O) groups excluding carboxylic acids is 1. The van der Waals surface area contributed by atoms with Gasteiger partial charge in [0.05, 0.1) is 12.5 Å². The molecule has 1 rings (SSSR count). The SMILES string of the molecule is CC(C)N(CCC#N)C(=O)c1ccccc1C(C)(C)C. The highest BCUT2D eigenvalue weighted by molar-refractivity contribution is 5.96. The van der Waals surface area contributed by atoms with Crippen molar-refractivity contribution in [2.45, 2.75) is 52.5 Å². The van der Waals surface area contributed by atoms with Gasteiger partial charge in [0.25, 0.3) is 5.91 Å². The van der Waals surface area contributed by atoms with Gasteiger partial charge < -0.3 is 4.90 Å². The van der Waals surface area contributed by atoms with Crippen molar-refractivity contribution in [2.75, 3.05) is 6.54 Å². The number of rotatable bonds is 4. The quantitative estimate of drug-likeness (QED) is 0.838. The van der Waals surface area contributed by atoms with E-state index in [2.05, 4.69) is 26.8 Å². The minimum atomic E-state index is -0.0792. The lowest BCUT2D eigenvalue weighted by Gasteiger charge is -2.29. The summed E-state index contributed by atoms with van der Waals surface area (Å²) in [6, 6.07) is 9.95. The van der Waals surface area contributed by atoms with Gasteiger partial charge in [-0.05, 0) is 30.9 Å². The van der Waals surface area contributed by atoms with Gasteiger partial charge in [-0.1, -0.05) is 39.0 Å². The molecule has 108 valence electrons. The molecule has 0 atom stereocenters. The fourth-order valence-corrected chi connectivity index (χ4v) is 2.24. The van der Waals surface area contributed by atoms with Gasteiger partial charge in [-0.25, -0.2) is 0 Å². The lowest BCUT2D eigenvalue weighted by molar-refractivity contribution is 0.0707. The van der Waals surface area contributed by atoms with E-state index in [0.29, 0.717) is 13.0 Å². The molecule has 0 fully saturated rings. The molecule has 0 heterocycles. The van der Waals surface area contributed by atoms with Crippen LogP contribution in [0.3, 0.4) is 0 Å². The van der Waals surface area contributed by atoms with Crippen LogP contribution in [0, 0.1) is 11.3 Å². The third-order valence-corrected chi connectivity index (χ3v) is 3.31. The molecule has 0 aliphatic rings. The second kappa shape index (κ2) is 6.56. The van der Waals surface area contributed by atoms with Crippen molar-refractivity contribution in [3.63, 3.8) is 0 Å². The fraction of sp³-hybridized carbons (Fsp3) is 0.529. The molecule has 1 amide bonds. The van der Waals surface area contributed by atoms with Gasteiger partial charge in [-0.3, -0.25) is 4.79 Å². The smallest absolute Gasteiger partial charge is 0.254 e. The van der Waals surface area contributed by atoms with E-state index in [-0.39, 0.29) is 17.4 Å². The molecule has 0 aliphatic heterocycles. The van der Waals surface area contributed by atoms with Crippen molar-refractivity contribution in [3.8, 4) is 6.07 Å². The Morgan fingerprint density at radius 1 is 1.30 bits per heavy atom. The van der Waals surface area contributed by atoms with Crippen LogP contribution >= 0.6 is 0 Å². The van der Waals surface area contributed by atoms with E-state index in [4.69, 9.17) is 5.26 Å². The molecule has 1 aromatic carbocycles. The summed E-state index contributed by atoms with van der Waals surface area (Å²) in [5.41, 5.74) is 1.71. The Balaban J connectivity index is 3.16. The number of nitriles is 1. The van der Waals surface area contributed by atoms with Crippen LogP contribution in [-0.2, 0) is 5.41 Å². The van der Waals surface area contributed by atoms with E-state index in [1.807, 2.05) is 38.1 Å². The number of carbonyl (C=O) groups is 1. The Morgan fingerprint density at radius 2 is 1.90 bits per heavy atom. The van der Waals surface area contributed by atoms with Crippen molar-refractivity contribution < 1.29 is 4.79 Å². The van der Waals surface area contributed by atoms with E-state index in [0.717, 1.165) is 11.1 Å². The van der Waals surface area contributed by atoms with Crippen molar-refractivity contribution in [3.05, 3.63) is 35.4 Å². The van der Waals surface area contributed by atoms with Crippen molar-refractivity contribution in [2.24, 2.45) is 0 Å². The Kier molecular flexibility index (Phi) is 5.33. The molecule has 1 aromatic rings. The van der Waals surface area contributed by atoms with Gasteiger partial charge in [-0.15, -0.1) is 0 Å². The first kappa shape index (κ1) is 16.2. The zero-order valence-electron chi connectivity index (χ0n) is 13.1. The Hall–Kier alpha value is -1.82. The fourth-order valence-electron chi connectivity index (χ4n) is 2.24. The van der Waals surface area contributed by atoms with Crippen LogP contribution in [0.15, 0.2) is 24.3 Å². The summed E-state index contributed by atoms with van der Waals surface area (Å²) < 4.78 is 0. The summed E-state index contributed by atoms with van der Waals surface area (Å²) in [6.45, 7) is 10.8. The molecule has 20 heavy (non-hydrogen) atoms. The van der Waals surface area contributed by atoms with Crippen LogP contribution in [-0.4, -0.2) is 23.4 Å². The standard InChI is InChI=1S/C17H24N2O/c1-13(2)19(12-8-11-18)16(20)14-9-6-7-10-15(14)17(3,4)5/h6-7,9-10,13H,8,12H2,1-5H3. The third kappa shape index (κ3) is 3.84. The highest BCUT2D eigenvalue weighted by atomic mass is 16.2. The maximum absolute atomic E-state index is 12.8. The Labute approximate surface area is 122 Å². The number of amides is 1. The minimum absolute atomic E-state index is 0.0146. The molecule has 0 radical (unpaired) electrons. The van der Waals surface area contributed by atoms with Crippen LogP contribution in [0.5, 0.6) is 0 Å². The average molecular weight is 272 g/mol. The van der Waals surface area contributed by atoms with Gasteiger partial charge >= 0.3 is 0 Å². The zero-order chi connectivity index (χ0) is 15.3. The van der Waals surface area contributed by atoms with Crippen molar-refractivity contribution >= 4 is 5.91 Å². The summed E-state index contributed by atoms with van der Waals surface area (Å²) in [5.74, 6) is 0.0146. The summed E-state index contributed by atoms with van der Waals surface area (Å²) in [6.07, 6.45) is 0.363. The first-order valence-corrected chi connectivity index (χ1v) is 7.06. The first-order chi connectivity index (χ1) is 9.29. The number of nitrogens with zero attached hydrogens (tertiary/aromatic N) is 2. The van der Waals surface area contributed by atoms with Crippen LogP contribution in [0.2, 0.25) is 0 Å². The highest BCUT2D eigenvalue weighted by Crippen LogP contribution is 2.27. The molecule has 0 bridgehead atoms. The lowest BCUT2D eigenvalue weighted by atomic mass is 9.83.